The van der Waals surface area contributed by atoms with Gasteiger partial charge in [0.2, 0.25) is 0 Å². The molecule has 2 aliphatic carbocycles. The Morgan fingerprint density at radius 3 is 1.63 bits per heavy atom. The van der Waals surface area contributed by atoms with Crippen molar-refractivity contribution in [2.45, 2.75) is 28.0 Å². The molecule has 3 unspecified atom stereocenters. The van der Waals surface area contributed by atoms with Crippen molar-refractivity contribution in [2.24, 2.45) is 0 Å². The lowest BCUT2D eigenvalue weighted by Crippen LogP contribution is -2.31. The van der Waals surface area contributed by atoms with Crippen molar-refractivity contribution >= 4 is 57.3 Å². The third kappa shape index (κ3) is 5.80. The van der Waals surface area contributed by atoms with E-state index in [9.17, 15) is 0 Å². The van der Waals surface area contributed by atoms with Crippen LogP contribution in [0.4, 0.5) is 45.5 Å². The van der Waals surface area contributed by atoms with Crippen LogP contribution >= 0.6 is 11.8 Å². The Bertz CT molecular complexity index is 3520. The number of benzene rings is 10. The second-order valence-electron chi connectivity index (χ2n) is 18.4. The Kier molecular flexibility index (Phi) is 8.93. The van der Waals surface area contributed by atoms with E-state index in [0.29, 0.717) is 0 Å². The summed E-state index contributed by atoms with van der Waals surface area (Å²) < 4.78 is 0. The molecule has 3 atom stereocenters. The number of para-hydroxylation sites is 4. The number of anilines is 8. The van der Waals surface area contributed by atoms with E-state index in [1.807, 2.05) is 11.8 Å². The number of hydrogen-bond donors (Lipinski definition) is 0. The maximum Gasteiger partial charge on any atom is 0.0551 e. The van der Waals surface area contributed by atoms with Crippen molar-refractivity contribution in [2.75, 3.05) is 14.7 Å². The van der Waals surface area contributed by atoms with Crippen LogP contribution in [0.15, 0.2) is 254 Å². The largest absolute Gasteiger partial charge is 0.336 e. The lowest BCUT2D eigenvalue weighted by atomic mass is 9.65. The van der Waals surface area contributed by atoms with Gasteiger partial charge >= 0.3 is 0 Å². The van der Waals surface area contributed by atoms with E-state index in [2.05, 4.69) is 263 Å². The first-order valence-electron chi connectivity index (χ1n) is 23.7. The van der Waals surface area contributed by atoms with Crippen LogP contribution in [-0.2, 0) is 12.0 Å². The quantitative estimate of drug-likeness (QED) is 0.158. The summed E-state index contributed by atoms with van der Waals surface area (Å²) in [5, 5.41) is 0.243. The molecular formula is C64H45N3S. The highest BCUT2D eigenvalue weighted by atomic mass is 32.2. The summed E-state index contributed by atoms with van der Waals surface area (Å²) in [6.45, 7) is 0.824. The summed E-state index contributed by atoms with van der Waals surface area (Å²) in [4.78, 5) is 8.75. The minimum atomic E-state index is -0.468. The fourth-order valence-electron chi connectivity index (χ4n) is 12.2. The third-order valence-corrected chi connectivity index (χ3v) is 16.3. The fourth-order valence-corrected chi connectivity index (χ4v) is 13.8. The van der Waals surface area contributed by atoms with E-state index in [-0.39, 0.29) is 11.2 Å². The van der Waals surface area contributed by atoms with Gasteiger partial charge in [0.05, 0.1) is 5.41 Å². The average molecular weight is 888 g/mol. The monoisotopic (exact) mass is 887 g/mol. The molecule has 0 saturated carbocycles. The van der Waals surface area contributed by atoms with Crippen LogP contribution in [0, 0.1) is 0 Å². The SMILES string of the molecule is c1ccc(N2Cc3ccccc3-c3cc(N(c4ccccc4)c4ccc5c(c4)C4(c6ccccc6-c6ccc(N(c7ccccc7)c7ccccc7)cc64)C4c6ccccc6SC54)ccc32)cc1. The van der Waals surface area contributed by atoms with Crippen molar-refractivity contribution in [3.63, 3.8) is 0 Å². The van der Waals surface area contributed by atoms with Crippen molar-refractivity contribution in [3.8, 4) is 22.3 Å². The highest BCUT2D eigenvalue weighted by Gasteiger charge is 2.61. The van der Waals surface area contributed by atoms with Gasteiger partial charge in [-0.25, -0.2) is 0 Å². The van der Waals surface area contributed by atoms with E-state index in [0.717, 1.165) is 40.7 Å². The van der Waals surface area contributed by atoms with Crippen molar-refractivity contribution in [3.05, 3.63) is 282 Å². The second-order valence-corrected chi connectivity index (χ2v) is 19.6. The van der Waals surface area contributed by atoms with Gasteiger partial charge in [-0.15, -0.1) is 11.8 Å². The average Bonchev–Trinajstić information content (AvgIpc) is 4.03. The molecule has 0 fully saturated rings. The standard InChI is InChI=1S/C64H45N3S/c1-5-20-44(21-6-1)65-42-43-19-13-14-28-51(43)56-39-48(35-38-60(56)65)67(47-26-11-4-12-27-47)50-34-37-54-59(41-50)64(62-55-30-16-18-32-61(55)68-63(54)62)57-31-17-15-29-52(57)53-36-33-49(40-58(53)64)66(45-22-7-2-8-23-45)46-24-9-3-10-25-46/h1-41,62-63H,42H2. The first-order valence-corrected chi connectivity index (χ1v) is 24.6. The van der Waals surface area contributed by atoms with Gasteiger partial charge in [-0.1, -0.05) is 152 Å². The highest BCUT2D eigenvalue weighted by Crippen LogP contribution is 2.74. The van der Waals surface area contributed by atoms with Crippen LogP contribution in [0.25, 0.3) is 22.3 Å². The predicted molar refractivity (Wildman–Crippen MR) is 283 cm³/mol. The Balaban J connectivity index is 1.01. The van der Waals surface area contributed by atoms with Gasteiger partial charge in [0.25, 0.3) is 0 Å². The molecule has 4 heteroatoms. The number of rotatable bonds is 7. The van der Waals surface area contributed by atoms with Crippen molar-refractivity contribution in [1.29, 1.82) is 0 Å². The van der Waals surface area contributed by atoms with Gasteiger partial charge < -0.3 is 14.7 Å². The maximum absolute atomic E-state index is 2.57. The molecule has 322 valence electrons. The first kappa shape index (κ1) is 39.1. The lowest BCUT2D eigenvalue weighted by Gasteiger charge is -2.37. The normalized spacial score (nSPS) is 17.6. The highest BCUT2D eigenvalue weighted by molar-refractivity contribution is 8.00. The lowest BCUT2D eigenvalue weighted by molar-refractivity contribution is 0.529. The molecule has 0 amide bonds. The van der Waals surface area contributed by atoms with E-state index >= 15 is 0 Å². The summed E-state index contributed by atoms with van der Waals surface area (Å²) in [5.74, 6) is 0.183. The van der Waals surface area contributed by atoms with Crippen LogP contribution in [0.5, 0.6) is 0 Å². The molecule has 0 N–H and O–H groups in total. The zero-order valence-corrected chi connectivity index (χ0v) is 38.1. The molecule has 0 radical (unpaired) electrons. The second kappa shape index (κ2) is 15.5. The molecule has 3 nitrogen and oxygen atoms in total. The van der Waals surface area contributed by atoms with Crippen molar-refractivity contribution < 1.29 is 0 Å². The number of fused-ring (bicyclic) bond motifs is 15. The van der Waals surface area contributed by atoms with E-state index in [1.54, 1.807) is 0 Å². The first-order chi connectivity index (χ1) is 33.7. The molecule has 0 bridgehead atoms. The van der Waals surface area contributed by atoms with Crippen LogP contribution in [0.2, 0.25) is 0 Å². The van der Waals surface area contributed by atoms with Crippen LogP contribution in [0.1, 0.15) is 44.5 Å². The molecule has 2 heterocycles. The van der Waals surface area contributed by atoms with Gasteiger partial charge in [0, 0.05) is 73.7 Å². The molecule has 14 rings (SSSR count). The summed E-state index contributed by atoms with van der Waals surface area (Å²) >= 11 is 2.05. The third-order valence-electron chi connectivity index (χ3n) is 14.9. The van der Waals surface area contributed by atoms with Gasteiger partial charge in [-0.2, -0.15) is 0 Å². The minimum absolute atomic E-state index is 0.183. The molecule has 4 aliphatic rings. The Hall–Kier alpha value is -8.05. The van der Waals surface area contributed by atoms with E-state index in [4.69, 9.17) is 0 Å². The van der Waals surface area contributed by atoms with Gasteiger partial charge in [-0.05, 0) is 147 Å². The van der Waals surface area contributed by atoms with Gasteiger partial charge in [0.1, 0.15) is 0 Å². The molecule has 10 aromatic carbocycles. The zero-order chi connectivity index (χ0) is 44.8. The van der Waals surface area contributed by atoms with E-state index < -0.39 is 5.41 Å². The summed E-state index contributed by atoms with van der Waals surface area (Å²) in [6, 6.07) is 92.6. The topological polar surface area (TPSA) is 9.72 Å². The van der Waals surface area contributed by atoms with Crippen LogP contribution < -0.4 is 14.7 Å². The molecule has 68 heavy (non-hydrogen) atoms. The van der Waals surface area contributed by atoms with Crippen LogP contribution in [-0.4, -0.2) is 0 Å². The van der Waals surface area contributed by atoms with E-state index in [1.165, 1.54) is 71.9 Å². The summed E-state index contributed by atoms with van der Waals surface area (Å²) in [7, 11) is 0. The predicted octanol–water partition coefficient (Wildman–Crippen LogP) is 17.2. The Morgan fingerprint density at radius 2 is 0.912 bits per heavy atom. The molecular weight excluding hydrogens is 843 g/mol. The van der Waals surface area contributed by atoms with Gasteiger partial charge in [-0.3, -0.25) is 0 Å². The molecule has 0 saturated heterocycles. The zero-order valence-electron chi connectivity index (χ0n) is 37.3. The smallest absolute Gasteiger partial charge is 0.0551 e. The summed E-state index contributed by atoms with van der Waals surface area (Å²) in [6.07, 6.45) is 0. The maximum atomic E-state index is 2.57. The molecule has 1 spiro atoms. The van der Waals surface area contributed by atoms with Crippen LogP contribution in [0.3, 0.4) is 0 Å². The Morgan fingerprint density at radius 1 is 0.382 bits per heavy atom. The number of nitrogens with zero attached hydrogens (tertiary/aromatic N) is 3. The number of thioether (sulfide) groups is 1. The van der Waals surface area contributed by atoms with Crippen molar-refractivity contribution in [1.82, 2.24) is 0 Å². The number of hydrogen-bond acceptors (Lipinski definition) is 4. The molecule has 2 aliphatic heterocycles. The molecule has 0 aromatic heterocycles. The fraction of sp³-hybridized carbons (Fsp3) is 0.0625. The summed E-state index contributed by atoms with van der Waals surface area (Å²) in [5.41, 5.74) is 22.3. The Labute approximate surface area is 402 Å². The van der Waals surface area contributed by atoms with Gasteiger partial charge in [0.15, 0.2) is 0 Å². The molecule has 10 aromatic rings. The minimum Gasteiger partial charge on any atom is -0.336 e.